The predicted octanol–water partition coefficient (Wildman–Crippen LogP) is 4.52. The van der Waals surface area contributed by atoms with Gasteiger partial charge >= 0.3 is 0 Å². The third-order valence-electron chi connectivity index (χ3n) is 4.24. The number of thioether (sulfide) groups is 1. The Balaban J connectivity index is 1.62. The lowest BCUT2D eigenvalue weighted by Crippen LogP contribution is -2.13. The van der Waals surface area contributed by atoms with Crippen LogP contribution in [0, 0.1) is 17.0 Å². The average molecular weight is 395 g/mol. The number of non-ortho nitro benzene ring substituents is 1. The van der Waals surface area contributed by atoms with Crippen LogP contribution in [0.3, 0.4) is 0 Å². The van der Waals surface area contributed by atoms with Crippen LogP contribution >= 0.6 is 11.8 Å². The van der Waals surface area contributed by atoms with E-state index in [1.165, 1.54) is 17.8 Å². The van der Waals surface area contributed by atoms with Crippen molar-refractivity contribution in [1.82, 2.24) is 9.97 Å². The van der Waals surface area contributed by atoms with E-state index in [0.29, 0.717) is 28.8 Å². The molecule has 2 aromatic carbocycles. The van der Waals surface area contributed by atoms with Crippen LogP contribution in [-0.4, -0.2) is 21.7 Å². The second-order valence-electron chi connectivity index (χ2n) is 6.29. The van der Waals surface area contributed by atoms with Crippen molar-refractivity contribution in [3.05, 3.63) is 75.5 Å². The largest absolute Gasteiger partial charge is 0.467 e. The van der Waals surface area contributed by atoms with Gasteiger partial charge in [-0.3, -0.25) is 10.1 Å². The van der Waals surface area contributed by atoms with E-state index < -0.39 is 4.92 Å². The minimum Gasteiger partial charge on any atom is -0.467 e. The molecule has 0 saturated heterocycles. The first-order valence-corrected chi connectivity index (χ1v) is 9.63. The number of nitrogens with zero attached hydrogens (tertiary/aromatic N) is 3. The van der Waals surface area contributed by atoms with E-state index in [4.69, 9.17) is 9.47 Å². The van der Waals surface area contributed by atoms with Gasteiger partial charge in [0.05, 0.1) is 17.2 Å². The Morgan fingerprint density at radius 3 is 2.79 bits per heavy atom. The Morgan fingerprint density at radius 2 is 2.00 bits per heavy atom. The average Bonchev–Trinajstić information content (AvgIpc) is 2.72. The smallest absolute Gasteiger partial charge is 0.270 e. The first kappa shape index (κ1) is 18.4. The van der Waals surface area contributed by atoms with Gasteiger partial charge in [-0.05, 0) is 13.0 Å². The quantitative estimate of drug-likeness (QED) is 0.272. The van der Waals surface area contributed by atoms with Gasteiger partial charge < -0.3 is 9.47 Å². The Hall–Kier alpha value is -2.97. The molecule has 142 valence electrons. The van der Waals surface area contributed by atoms with E-state index in [1.54, 1.807) is 6.07 Å². The van der Waals surface area contributed by atoms with Crippen molar-refractivity contribution in [1.29, 1.82) is 0 Å². The molecule has 0 atom stereocenters. The minimum atomic E-state index is -0.403. The third-order valence-corrected chi connectivity index (χ3v) is 5.14. The maximum Gasteiger partial charge on any atom is 0.270 e. The van der Waals surface area contributed by atoms with Crippen LogP contribution in [0.1, 0.15) is 16.8 Å². The van der Waals surface area contributed by atoms with Crippen LogP contribution < -0.4 is 4.74 Å². The SMILES string of the molecule is Cc1cc(-c2ccccc2)nc(SCc2cc([N+](=O)[O-])cc3c2OCOC3)n1. The maximum absolute atomic E-state index is 11.3. The van der Waals surface area contributed by atoms with Crippen molar-refractivity contribution in [3.8, 4) is 17.0 Å². The van der Waals surface area contributed by atoms with Gasteiger partial charge in [0.15, 0.2) is 11.9 Å². The predicted molar refractivity (Wildman–Crippen MR) is 105 cm³/mol. The number of ether oxygens (including phenoxy) is 2. The van der Waals surface area contributed by atoms with E-state index in [1.807, 2.05) is 43.3 Å². The number of nitro benzene ring substituents is 1. The van der Waals surface area contributed by atoms with Gasteiger partial charge in [0.1, 0.15) is 5.75 Å². The molecule has 28 heavy (non-hydrogen) atoms. The fraction of sp³-hybridized carbons (Fsp3) is 0.200. The summed E-state index contributed by atoms with van der Waals surface area (Å²) in [4.78, 5) is 20.0. The molecule has 3 aromatic rings. The zero-order valence-corrected chi connectivity index (χ0v) is 15.9. The van der Waals surface area contributed by atoms with Gasteiger partial charge in [-0.2, -0.15) is 0 Å². The van der Waals surface area contributed by atoms with E-state index in [9.17, 15) is 10.1 Å². The number of hydrogen-bond donors (Lipinski definition) is 0. The van der Waals surface area contributed by atoms with Crippen LogP contribution in [0.15, 0.2) is 53.7 Å². The van der Waals surface area contributed by atoms with E-state index >= 15 is 0 Å². The number of aryl methyl sites for hydroxylation is 1. The lowest BCUT2D eigenvalue weighted by Gasteiger charge is -2.20. The molecule has 0 saturated carbocycles. The summed E-state index contributed by atoms with van der Waals surface area (Å²) >= 11 is 1.42. The van der Waals surface area contributed by atoms with Crippen molar-refractivity contribution >= 4 is 17.4 Å². The Morgan fingerprint density at radius 1 is 1.18 bits per heavy atom. The molecule has 0 unspecified atom stereocenters. The minimum absolute atomic E-state index is 0.0265. The first-order chi connectivity index (χ1) is 13.6. The summed E-state index contributed by atoms with van der Waals surface area (Å²) in [7, 11) is 0. The molecule has 0 amide bonds. The monoisotopic (exact) mass is 395 g/mol. The molecule has 1 aromatic heterocycles. The van der Waals surface area contributed by atoms with Crippen LogP contribution in [-0.2, 0) is 17.1 Å². The summed E-state index contributed by atoms with van der Waals surface area (Å²) in [5.41, 5.74) is 4.18. The highest BCUT2D eigenvalue weighted by molar-refractivity contribution is 7.98. The number of benzene rings is 2. The molecular weight excluding hydrogens is 378 g/mol. The summed E-state index contributed by atoms with van der Waals surface area (Å²) in [6.45, 7) is 2.36. The van der Waals surface area contributed by atoms with Crippen molar-refractivity contribution in [2.45, 2.75) is 24.4 Å². The highest BCUT2D eigenvalue weighted by atomic mass is 32.2. The van der Waals surface area contributed by atoms with Gasteiger partial charge in [-0.25, -0.2) is 9.97 Å². The first-order valence-electron chi connectivity index (χ1n) is 8.65. The molecule has 0 fully saturated rings. The molecule has 2 heterocycles. The summed E-state index contributed by atoms with van der Waals surface area (Å²) in [5, 5.41) is 11.9. The fourth-order valence-electron chi connectivity index (χ4n) is 3.00. The van der Waals surface area contributed by atoms with Crippen molar-refractivity contribution < 1.29 is 14.4 Å². The summed E-state index contributed by atoms with van der Waals surface area (Å²) in [5.74, 6) is 1.11. The van der Waals surface area contributed by atoms with Crippen molar-refractivity contribution in [3.63, 3.8) is 0 Å². The maximum atomic E-state index is 11.3. The van der Waals surface area contributed by atoms with E-state index in [0.717, 1.165) is 22.5 Å². The van der Waals surface area contributed by atoms with Gasteiger partial charge in [0.25, 0.3) is 5.69 Å². The second-order valence-corrected chi connectivity index (χ2v) is 7.24. The Kier molecular flexibility index (Phi) is 5.23. The molecular formula is C20H17N3O4S. The molecule has 0 bridgehead atoms. The topological polar surface area (TPSA) is 87.4 Å². The van der Waals surface area contributed by atoms with Crippen LogP contribution in [0.2, 0.25) is 0 Å². The molecule has 0 aliphatic carbocycles. The zero-order valence-electron chi connectivity index (χ0n) is 15.1. The normalized spacial score (nSPS) is 12.9. The number of aromatic nitrogens is 2. The fourth-order valence-corrected chi connectivity index (χ4v) is 3.87. The molecule has 1 aliphatic rings. The van der Waals surface area contributed by atoms with Gasteiger partial charge in [0, 0.05) is 40.3 Å². The lowest BCUT2D eigenvalue weighted by molar-refractivity contribution is -0.385. The number of fused-ring (bicyclic) bond motifs is 1. The molecule has 0 spiro atoms. The summed E-state index contributed by atoms with van der Waals surface area (Å²) in [6, 6.07) is 14.9. The Bertz CT molecular complexity index is 1030. The highest BCUT2D eigenvalue weighted by Gasteiger charge is 2.21. The molecule has 4 rings (SSSR count). The molecule has 0 radical (unpaired) electrons. The summed E-state index contributed by atoms with van der Waals surface area (Å²) < 4.78 is 10.8. The van der Waals surface area contributed by atoms with Gasteiger partial charge in [0.2, 0.25) is 0 Å². The number of rotatable bonds is 5. The molecule has 1 aliphatic heterocycles. The molecule has 7 nitrogen and oxygen atoms in total. The third kappa shape index (κ3) is 3.97. The number of nitro groups is 1. The van der Waals surface area contributed by atoms with Crippen LogP contribution in [0.5, 0.6) is 5.75 Å². The van der Waals surface area contributed by atoms with Crippen LogP contribution in [0.4, 0.5) is 5.69 Å². The zero-order chi connectivity index (χ0) is 19.5. The molecule has 0 N–H and O–H groups in total. The van der Waals surface area contributed by atoms with Gasteiger partial charge in [-0.15, -0.1) is 0 Å². The summed E-state index contributed by atoms with van der Waals surface area (Å²) in [6.07, 6.45) is 0. The van der Waals surface area contributed by atoms with E-state index in [-0.39, 0.29) is 12.5 Å². The van der Waals surface area contributed by atoms with Crippen molar-refractivity contribution in [2.75, 3.05) is 6.79 Å². The van der Waals surface area contributed by atoms with Crippen LogP contribution in [0.25, 0.3) is 11.3 Å². The lowest BCUT2D eigenvalue weighted by atomic mass is 10.1. The molecule has 8 heteroatoms. The van der Waals surface area contributed by atoms with Crippen molar-refractivity contribution in [2.24, 2.45) is 0 Å². The van der Waals surface area contributed by atoms with E-state index in [2.05, 4.69) is 9.97 Å². The second kappa shape index (κ2) is 7.95. The number of hydrogen-bond acceptors (Lipinski definition) is 7. The Labute approximate surface area is 165 Å². The highest BCUT2D eigenvalue weighted by Crippen LogP contribution is 2.36. The standard InChI is InChI=1S/C20H17N3O4S/c1-13-7-18(14-5-3-2-4-6-14)22-20(21-13)28-11-16-9-17(23(24)25)8-15-10-26-12-27-19(15)16/h2-9H,10-12H2,1H3. The van der Waals surface area contributed by atoms with Gasteiger partial charge in [-0.1, -0.05) is 42.1 Å².